The second-order valence-corrected chi connectivity index (χ2v) is 9.87. The first kappa shape index (κ1) is 24.7. The van der Waals surface area contributed by atoms with Crippen LogP contribution in [-0.4, -0.2) is 33.2 Å². The summed E-state index contributed by atoms with van der Waals surface area (Å²) in [7, 11) is -3.69. The first-order valence-corrected chi connectivity index (χ1v) is 12.6. The molecular formula is C24H34N2O4S. The Bertz CT molecular complexity index is 928. The van der Waals surface area contributed by atoms with Gasteiger partial charge >= 0.3 is 0 Å². The van der Waals surface area contributed by atoms with Crippen LogP contribution in [0.2, 0.25) is 0 Å². The summed E-state index contributed by atoms with van der Waals surface area (Å²) in [5.74, 6) is 0.706. The number of ether oxygens (including phenoxy) is 1. The third-order valence-corrected chi connectivity index (χ3v) is 6.14. The molecule has 0 fully saturated rings. The second kappa shape index (κ2) is 11.2. The van der Waals surface area contributed by atoms with E-state index in [0.717, 1.165) is 18.2 Å². The van der Waals surface area contributed by atoms with Crippen LogP contribution in [0.15, 0.2) is 54.6 Å². The minimum absolute atomic E-state index is 0.190. The molecule has 0 saturated heterocycles. The van der Waals surface area contributed by atoms with Gasteiger partial charge in [0, 0.05) is 0 Å². The van der Waals surface area contributed by atoms with Crippen molar-refractivity contribution in [2.24, 2.45) is 5.92 Å². The molecule has 31 heavy (non-hydrogen) atoms. The Morgan fingerprint density at radius 2 is 1.65 bits per heavy atom. The van der Waals surface area contributed by atoms with Gasteiger partial charge in [-0.15, -0.1) is 0 Å². The number of rotatable bonds is 11. The monoisotopic (exact) mass is 446 g/mol. The van der Waals surface area contributed by atoms with Crippen LogP contribution in [0, 0.1) is 5.92 Å². The third kappa shape index (κ3) is 6.99. The molecule has 0 aliphatic rings. The highest BCUT2D eigenvalue weighted by Gasteiger charge is 2.32. The number of anilines is 1. The van der Waals surface area contributed by atoms with E-state index in [-0.39, 0.29) is 11.9 Å². The Hall–Kier alpha value is -2.54. The van der Waals surface area contributed by atoms with E-state index in [2.05, 4.69) is 19.2 Å². The molecule has 2 aromatic carbocycles. The lowest BCUT2D eigenvalue weighted by molar-refractivity contribution is -0.123. The number of nitrogens with one attached hydrogen (secondary N) is 1. The van der Waals surface area contributed by atoms with Gasteiger partial charge in [-0.3, -0.25) is 9.10 Å². The molecular weight excluding hydrogens is 412 g/mol. The Kier molecular flexibility index (Phi) is 8.92. The lowest BCUT2D eigenvalue weighted by atomic mass is 9.96. The zero-order valence-corrected chi connectivity index (χ0v) is 19.9. The van der Waals surface area contributed by atoms with Crippen LogP contribution in [0.3, 0.4) is 0 Å². The summed E-state index contributed by atoms with van der Waals surface area (Å²) in [6.07, 6.45) is 2.23. The highest BCUT2D eigenvalue weighted by Crippen LogP contribution is 2.27. The average molecular weight is 447 g/mol. The third-order valence-electron chi connectivity index (χ3n) is 4.96. The van der Waals surface area contributed by atoms with Crippen molar-refractivity contribution in [3.8, 4) is 5.75 Å². The molecule has 0 spiro atoms. The van der Waals surface area contributed by atoms with E-state index in [1.165, 1.54) is 4.31 Å². The molecule has 0 saturated carbocycles. The van der Waals surface area contributed by atoms with Crippen molar-refractivity contribution in [3.63, 3.8) is 0 Å². The quantitative estimate of drug-likeness (QED) is 0.550. The van der Waals surface area contributed by atoms with E-state index in [4.69, 9.17) is 4.74 Å². The molecule has 0 heterocycles. The van der Waals surface area contributed by atoms with Crippen LogP contribution < -0.4 is 14.4 Å². The smallest absolute Gasteiger partial charge is 0.244 e. The van der Waals surface area contributed by atoms with Crippen molar-refractivity contribution in [1.29, 1.82) is 0 Å². The van der Waals surface area contributed by atoms with Crippen LogP contribution in [0.5, 0.6) is 5.75 Å². The predicted molar refractivity (Wildman–Crippen MR) is 126 cm³/mol. The fourth-order valence-corrected chi connectivity index (χ4v) is 4.83. The van der Waals surface area contributed by atoms with Gasteiger partial charge in [-0.05, 0) is 55.5 Å². The van der Waals surface area contributed by atoms with E-state index in [1.807, 2.05) is 44.2 Å². The topological polar surface area (TPSA) is 75.7 Å². The molecule has 0 aliphatic carbocycles. The summed E-state index contributed by atoms with van der Waals surface area (Å²) in [5.41, 5.74) is 1.44. The highest BCUT2D eigenvalue weighted by atomic mass is 32.2. The highest BCUT2D eigenvalue weighted by molar-refractivity contribution is 7.92. The Balaban J connectivity index is 2.34. The van der Waals surface area contributed by atoms with Gasteiger partial charge in [0.2, 0.25) is 15.9 Å². The normalized spacial score (nSPS) is 13.5. The zero-order valence-electron chi connectivity index (χ0n) is 19.0. The molecule has 0 bridgehead atoms. The standard InChI is InChI=1S/C24H34N2O4S/c1-6-23(24(27)25-22(17-18(3)4)19-11-9-8-10-12-19)26(31(5,28)29)20-13-15-21(16-14-20)30-7-2/h8-16,18,22-23H,6-7,17H2,1-5H3,(H,25,27)/t22-,23+/m1/s1. The lowest BCUT2D eigenvalue weighted by Crippen LogP contribution is -2.50. The van der Waals surface area contributed by atoms with Crippen molar-refractivity contribution in [2.45, 2.75) is 52.6 Å². The second-order valence-electron chi connectivity index (χ2n) is 8.01. The molecule has 0 aromatic heterocycles. The van der Waals surface area contributed by atoms with Gasteiger partial charge in [-0.25, -0.2) is 8.42 Å². The molecule has 170 valence electrons. The maximum Gasteiger partial charge on any atom is 0.244 e. The number of amides is 1. The number of hydrogen-bond donors (Lipinski definition) is 1. The van der Waals surface area contributed by atoms with Crippen LogP contribution in [0.25, 0.3) is 0 Å². The molecule has 2 rings (SSSR count). The molecule has 0 aliphatic heterocycles. The average Bonchev–Trinajstić information content (AvgIpc) is 2.72. The van der Waals surface area contributed by atoms with E-state index in [1.54, 1.807) is 24.3 Å². The van der Waals surface area contributed by atoms with Crippen LogP contribution in [0.4, 0.5) is 5.69 Å². The first-order valence-electron chi connectivity index (χ1n) is 10.7. The number of sulfonamides is 1. The van der Waals surface area contributed by atoms with Crippen molar-refractivity contribution < 1.29 is 17.9 Å². The summed E-state index contributed by atoms with van der Waals surface area (Å²) in [4.78, 5) is 13.3. The molecule has 1 amide bonds. The van der Waals surface area contributed by atoms with Gasteiger partial charge in [0.1, 0.15) is 11.8 Å². The SMILES string of the molecule is CCOc1ccc(N([C@@H](CC)C(=O)N[C@H](CC(C)C)c2ccccc2)S(C)(=O)=O)cc1. The minimum atomic E-state index is -3.69. The van der Waals surface area contributed by atoms with Crippen molar-refractivity contribution >= 4 is 21.6 Å². The summed E-state index contributed by atoms with van der Waals surface area (Å²) in [5, 5.41) is 3.10. The summed E-state index contributed by atoms with van der Waals surface area (Å²) in [6, 6.07) is 15.5. The van der Waals surface area contributed by atoms with Gasteiger partial charge in [-0.1, -0.05) is 51.1 Å². The predicted octanol–water partition coefficient (Wildman–Crippen LogP) is 4.53. The fraction of sp³-hybridized carbons (Fsp3) is 0.458. The van der Waals surface area contributed by atoms with E-state index >= 15 is 0 Å². The number of benzene rings is 2. The van der Waals surface area contributed by atoms with Gasteiger partial charge in [0.25, 0.3) is 0 Å². The van der Waals surface area contributed by atoms with Gasteiger partial charge < -0.3 is 10.1 Å². The van der Waals surface area contributed by atoms with Gasteiger partial charge in [-0.2, -0.15) is 0 Å². The van der Waals surface area contributed by atoms with Gasteiger partial charge in [0.15, 0.2) is 0 Å². The zero-order chi connectivity index (χ0) is 23.0. The summed E-state index contributed by atoms with van der Waals surface area (Å²) >= 11 is 0. The van der Waals surface area contributed by atoms with Crippen LogP contribution >= 0.6 is 0 Å². The molecule has 1 N–H and O–H groups in total. The van der Waals surface area contributed by atoms with E-state index < -0.39 is 16.1 Å². The molecule has 2 atom stereocenters. The van der Waals surface area contributed by atoms with Crippen LogP contribution in [-0.2, 0) is 14.8 Å². The Labute approximate surface area is 186 Å². The Morgan fingerprint density at radius 3 is 2.13 bits per heavy atom. The van der Waals surface area contributed by atoms with Crippen molar-refractivity contribution in [3.05, 3.63) is 60.2 Å². The fourth-order valence-electron chi connectivity index (χ4n) is 3.62. The number of carbonyl (C=O) groups excluding carboxylic acids is 1. The molecule has 0 unspecified atom stereocenters. The maximum atomic E-state index is 13.3. The van der Waals surface area contributed by atoms with Crippen molar-refractivity contribution in [2.75, 3.05) is 17.2 Å². The molecule has 0 radical (unpaired) electrons. The van der Waals surface area contributed by atoms with E-state index in [9.17, 15) is 13.2 Å². The lowest BCUT2D eigenvalue weighted by Gasteiger charge is -2.32. The largest absolute Gasteiger partial charge is 0.494 e. The molecule has 7 heteroatoms. The molecule has 2 aromatic rings. The van der Waals surface area contributed by atoms with Gasteiger partial charge in [0.05, 0.1) is 24.6 Å². The summed E-state index contributed by atoms with van der Waals surface area (Å²) in [6.45, 7) is 8.42. The molecule has 6 nitrogen and oxygen atoms in total. The van der Waals surface area contributed by atoms with Crippen LogP contribution in [0.1, 0.15) is 52.1 Å². The van der Waals surface area contributed by atoms with E-state index in [0.29, 0.717) is 30.4 Å². The number of nitrogens with zero attached hydrogens (tertiary/aromatic N) is 1. The first-order chi connectivity index (χ1) is 14.7. The number of carbonyl (C=O) groups is 1. The maximum absolute atomic E-state index is 13.3. The minimum Gasteiger partial charge on any atom is -0.494 e. The number of hydrogen-bond acceptors (Lipinski definition) is 4. The Morgan fingerprint density at radius 1 is 1.03 bits per heavy atom. The summed E-state index contributed by atoms with van der Waals surface area (Å²) < 4.78 is 32.0. The van der Waals surface area contributed by atoms with Crippen molar-refractivity contribution in [1.82, 2.24) is 5.32 Å².